The van der Waals surface area contributed by atoms with Crippen LogP contribution in [-0.2, 0) is 26.2 Å². The van der Waals surface area contributed by atoms with Gasteiger partial charge in [-0.25, -0.2) is 0 Å². The topological polar surface area (TPSA) is 133 Å². The minimum atomic E-state index is -1.58. The number of phenolic OH excluding ortho intramolecular Hbond substituents is 2. The van der Waals surface area contributed by atoms with E-state index in [1.807, 2.05) is 24.3 Å². The van der Waals surface area contributed by atoms with Crippen molar-refractivity contribution in [3.05, 3.63) is 69.6 Å². The van der Waals surface area contributed by atoms with Crippen LogP contribution in [-0.4, -0.2) is 46.6 Å². The van der Waals surface area contributed by atoms with E-state index in [0.29, 0.717) is 12.2 Å². The summed E-state index contributed by atoms with van der Waals surface area (Å²) in [4.78, 5) is 53.8. The molecule has 3 aliphatic rings. The van der Waals surface area contributed by atoms with Crippen LogP contribution in [0.3, 0.4) is 0 Å². The van der Waals surface area contributed by atoms with E-state index in [1.165, 1.54) is 26.8 Å². The number of carbonyl (C=O) groups is 4. The molecule has 2 aliphatic heterocycles. The zero-order valence-corrected chi connectivity index (χ0v) is 21.6. The van der Waals surface area contributed by atoms with Crippen LogP contribution in [0.25, 0.3) is 0 Å². The van der Waals surface area contributed by atoms with Crippen molar-refractivity contribution in [1.82, 2.24) is 5.32 Å². The number of nitrogens with one attached hydrogen (secondary N) is 1. The third kappa shape index (κ3) is 3.53. The number of aromatic hydroxyl groups is 2. The molecule has 196 valence electrons. The van der Waals surface area contributed by atoms with Crippen molar-refractivity contribution in [2.24, 2.45) is 0 Å². The molecule has 2 aromatic carbocycles. The standard InChI is InChI=1S/C29H28N2O7/c1-14-25(35)23(16(3)32)27-24(26(14)36)29(4)20(38-27)13-19(33)22(28(29)37)15(2)30-11-9-21(34)31-12-10-17-7-5-6-8-18(17)31/h5-8,13,30,35-36H,9-12H2,1-4H3/t29-/m0/s1. The SMILES string of the molecule is CC(=O)c1c(O)c(C)c(O)c2c1OC1=CC(=O)C(=C(C)NCCC(=O)N3CCc4ccccc43)C(=O)[C@@]12C. The van der Waals surface area contributed by atoms with E-state index in [9.17, 15) is 29.4 Å². The molecule has 3 N–H and O–H groups in total. The number of ketones is 3. The Morgan fingerprint density at radius 2 is 1.84 bits per heavy atom. The molecule has 9 nitrogen and oxygen atoms in total. The molecule has 5 rings (SSSR count). The Kier molecular flexibility index (Phi) is 5.89. The summed E-state index contributed by atoms with van der Waals surface area (Å²) in [5.74, 6) is -2.75. The van der Waals surface area contributed by atoms with Crippen molar-refractivity contribution < 1.29 is 34.1 Å². The number of para-hydroxylation sites is 1. The highest BCUT2D eigenvalue weighted by atomic mass is 16.5. The molecule has 0 saturated carbocycles. The molecule has 1 atom stereocenters. The predicted octanol–water partition coefficient (Wildman–Crippen LogP) is 3.14. The van der Waals surface area contributed by atoms with Crippen LogP contribution in [0.2, 0.25) is 0 Å². The van der Waals surface area contributed by atoms with Gasteiger partial charge < -0.3 is 25.2 Å². The van der Waals surface area contributed by atoms with Crippen LogP contribution in [0.4, 0.5) is 5.69 Å². The lowest BCUT2D eigenvalue weighted by Crippen LogP contribution is -2.41. The molecule has 0 fully saturated rings. The van der Waals surface area contributed by atoms with E-state index in [2.05, 4.69) is 5.32 Å². The molecule has 2 heterocycles. The number of nitrogens with zero attached hydrogens (tertiary/aromatic N) is 1. The van der Waals surface area contributed by atoms with Gasteiger partial charge in [0.2, 0.25) is 5.91 Å². The lowest BCUT2D eigenvalue weighted by Gasteiger charge is -2.29. The summed E-state index contributed by atoms with van der Waals surface area (Å²) in [6, 6.07) is 7.76. The van der Waals surface area contributed by atoms with E-state index in [1.54, 1.807) is 11.8 Å². The highest BCUT2D eigenvalue weighted by Crippen LogP contribution is 2.57. The lowest BCUT2D eigenvalue weighted by atomic mass is 9.70. The van der Waals surface area contributed by atoms with Crippen LogP contribution in [0.15, 0.2) is 47.4 Å². The molecular weight excluding hydrogens is 488 g/mol. The summed E-state index contributed by atoms with van der Waals surface area (Å²) in [6.07, 6.45) is 2.13. The average Bonchev–Trinajstić information content (AvgIpc) is 3.42. The fourth-order valence-electron chi connectivity index (χ4n) is 5.54. The largest absolute Gasteiger partial charge is 0.507 e. The van der Waals surface area contributed by atoms with Crippen LogP contribution >= 0.6 is 0 Å². The smallest absolute Gasteiger partial charge is 0.228 e. The van der Waals surface area contributed by atoms with Gasteiger partial charge in [0.25, 0.3) is 0 Å². The minimum Gasteiger partial charge on any atom is -0.507 e. The Balaban J connectivity index is 1.42. The first-order chi connectivity index (χ1) is 18.0. The zero-order valence-electron chi connectivity index (χ0n) is 21.6. The maximum Gasteiger partial charge on any atom is 0.228 e. The summed E-state index contributed by atoms with van der Waals surface area (Å²) in [7, 11) is 0. The predicted molar refractivity (Wildman–Crippen MR) is 138 cm³/mol. The molecular formula is C29H28N2O7. The van der Waals surface area contributed by atoms with E-state index in [4.69, 9.17) is 4.74 Å². The van der Waals surface area contributed by atoms with Crippen molar-refractivity contribution in [2.45, 2.75) is 46.0 Å². The first-order valence-electron chi connectivity index (χ1n) is 12.4. The second-order valence-corrected chi connectivity index (χ2v) is 9.99. The molecule has 2 aromatic rings. The fourth-order valence-corrected chi connectivity index (χ4v) is 5.54. The number of anilines is 1. The van der Waals surface area contributed by atoms with Crippen molar-refractivity contribution in [3.8, 4) is 17.2 Å². The van der Waals surface area contributed by atoms with Gasteiger partial charge in [-0.2, -0.15) is 0 Å². The van der Waals surface area contributed by atoms with Crippen molar-refractivity contribution in [3.63, 3.8) is 0 Å². The van der Waals surface area contributed by atoms with Crippen LogP contribution < -0.4 is 15.0 Å². The number of rotatable bonds is 5. The molecule has 0 unspecified atom stereocenters. The molecule has 9 heteroatoms. The molecule has 1 amide bonds. The van der Waals surface area contributed by atoms with Gasteiger partial charge >= 0.3 is 0 Å². The number of allylic oxidation sites excluding steroid dienone is 4. The molecule has 0 bridgehead atoms. The normalized spacial score (nSPS) is 20.8. The summed E-state index contributed by atoms with van der Waals surface area (Å²) in [6.45, 7) is 6.59. The number of amides is 1. The maximum atomic E-state index is 13.8. The highest BCUT2D eigenvalue weighted by molar-refractivity contribution is 6.31. The van der Waals surface area contributed by atoms with E-state index >= 15 is 0 Å². The van der Waals surface area contributed by atoms with Gasteiger partial charge in [0.05, 0.1) is 11.1 Å². The highest BCUT2D eigenvalue weighted by Gasteiger charge is 2.56. The van der Waals surface area contributed by atoms with E-state index in [-0.39, 0.29) is 58.4 Å². The van der Waals surface area contributed by atoms with Gasteiger partial charge in [-0.15, -0.1) is 0 Å². The molecule has 0 aromatic heterocycles. The Bertz CT molecular complexity index is 1520. The number of fused-ring (bicyclic) bond motifs is 4. The van der Waals surface area contributed by atoms with Crippen LogP contribution in [0.1, 0.15) is 54.2 Å². The zero-order chi connectivity index (χ0) is 27.5. The third-order valence-electron chi connectivity index (χ3n) is 7.68. The third-order valence-corrected chi connectivity index (χ3v) is 7.68. The van der Waals surface area contributed by atoms with Crippen LogP contribution in [0, 0.1) is 6.92 Å². The van der Waals surface area contributed by atoms with Gasteiger partial charge in [0.1, 0.15) is 34.0 Å². The van der Waals surface area contributed by atoms with Crippen LogP contribution in [0.5, 0.6) is 17.2 Å². The number of phenols is 2. The van der Waals surface area contributed by atoms with Crippen molar-refractivity contribution in [1.29, 1.82) is 0 Å². The second-order valence-electron chi connectivity index (χ2n) is 9.99. The Hall–Kier alpha value is -4.40. The Morgan fingerprint density at radius 3 is 2.55 bits per heavy atom. The van der Waals surface area contributed by atoms with Gasteiger partial charge in [-0.05, 0) is 45.7 Å². The van der Waals surface area contributed by atoms with Gasteiger partial charge in [0, 0.05) is 42.5 Å². The van der Waals surface area contributed by atoms with Gasteiger partial charge in [-0.1, -0.05) is 18.2 Å². The summed E-state index contributed by atoms with van der Waals surface area (Å²) in [5, 5.41) is 24.4. The van der Waals surface area contributed by atoms with Gasteiger partial charge in [-0.3, -0.25) is 19.2 Å². The number of ether oxygens (including phenoxy) is 1. The molecule has 0 spiro atoms. The van der Waals surface area contributed by atoms with E-state index < -0.39 is 28.5 Å². The monoisotopic (exact) mass is 516 g/mol. The summed E-state index contributed by atoms with van der Waals surface area (Å²) < 4.78 is 5.78. The quantitative estimate of drug-likeness (QED) is 0.314. The van der Waals surface area contributed by atoms with E-state index in [0.717, 1.165) is 17.7 Å². The number of hydrogen-bond acceptors (Lipinski definition) is 8. The Morgan fingerprint density at radius 1 is 1.13 bits per heavy atom. The molecule has 38 heavy (non-hydrogen) atoms. The maximum absolute atomic E-state index is 13.8. The minimum absolute atomic E-state index is 0.0234. The molecule has 0 saturated heterocycles. The van der Waals surface area contributed by atoms with Gasteiger partial charge in [0.15, 0.2) is 17.3 Å². The lowest BCUT2D eigenvalue weighted by molar-refractivity contribution is -0.123. The first kappa shape index (κ1) is 25.3. The molecule has 1 aliphatic carbocycles. The fraction of sp³-hybridized carbons (Fsp3) is 0.310. The Labute approximate surface area is 219 Å². The number of hydrogen-bond donors (Lipinski definition) is 3. The van der Waals surface area contributed by atoms with Crippen molar-refractivity contribution in [2.75, 3.05) is 18.0 Å². The number of benzene rings is 2. The number of carbonyl (C=O) groups excluding carboxylic acids is 4. The second kappa shape index (κ2) is 8.86. The summed E-state index contributed by atoms with van der Waals surface area (Å²) in [5.41, 5.74) is 0.532. The van der Waals surface area contributed by atoms with Crippen molar-refractivity contribution >= 4 is 28.9 Å². The molecule has 0 radical (unpaired) electrons. The summed E-state index contributed by atoms with van der Waals surface area (Å²) >= 11 is 0. The first-order valence-corrected chi connectivity index (χ1v) is 12.4. The number of Topliss-reactive ketones (excluding diaryl/α,β-unsaturated/α-hetero) is 2. The average molecular weight is 517 g/mol.